The summed E-state index contributed by atoms with van der Waals surface area (Å²) in [5.74, 6) is -1.12. The summed E-state index contributed by atoms with van der Waals surface area (Å²) in [6.45, 7) is 3.51. The first-order chi connectivity index (χ1) is 12.5. The van der Waals surface area contributed by atoms with E-state index < -0.39 is 24.0 Å². The Kier molecular flexibility index (Phi) is 6.96. The van der Waals surface area contributed by atoms with E-state index in [1.165, 1.54) is 6.08 Å². The number of esters is 2. The van der Waals surface area contributed by atoms with Gasteiger partial charge in [-0.1, -0.05) is 37.3 Å². The highest BCUT2D eigenvalue weighted by molar-refractivity contribution is 5.95. The van der Waals surface area contributed by atoms with Crippen LogP contribution >= 0.6 is 0 Å². The summed E-state index contributed by atoms with van der Waals surface area (Å²) >= 11 is 0. The van der Waals surface area contributed by atoms with Gasteiger partial charge in [0, 0.05) is 6.08 Å². The SMILES string of the molecule is CCOC(=O)C1=C(COC(=O)/C=C/c2ccccc2)NC(=O)N[C@@H]1CC. The van der Waals surface area contributed by atoms with Crippen LogP contribution in [-0.2, 0) is 19.1 Å². The molecular weight excluding hydrogens is 336 g/mol. The van der Waals surface area contributed by atoms with Gasteiger partial charge < -0.3 is 20.1 Å². The van der Waals surface area contributed by atoms with Gasteiger partial charge in [-0.2, -0.15) is 0 Å². The number of rotatable bonds is 7. The van der Waals surface area contributed by atoms with Crippen LogP contribution in [0.5, 0.6) is 0 Å². The highest BCUT2D eigenvalue weighted by atomic mass is 16.5. The highest BCUT2D eigenvalue weighted by Crippen LogP contribution is 2.17. The van der Waals surface area contributed by atoms with Crippen LogP contribution in [0.1, 0.15) is 25.8 Å². The minimum absolute atomic E-state index is 0.208. The molecule has 0 saturated heterocycles. The van der Waals surface area contributed by atoms with Crippen molar-refractivity contribution in [2.75, 3.05) is 13.2 Å². The predicted molar refractivity (Wildman–Crippen MR) is 95.8 cm³/mol. The first kappa shape index (κ1) is 19.2. The standard InChI is InChI=1S/C19H22N2O5/c1-3-14-17(18(23)25-4-2)15(21-19(24)20-14)12-26-16(22)11-10-13-8-6-5-7-9-13/h5-11,14H,3-4,12H2,1-2H3,(H2,20,21,24)/b11-10+/t14-/m1/s1. The number of ether oxygens (including phenoxy) is 2. The Hall–Kier alpha value is -3.09. The van der Waals surface area contributed by atoms with Crippen LogP contribution in [0.2, 0.25) is 0 Å². The summed E-state index contributed by atoms with van der Waals surface area (Å²) in [6.07, 6.45) is 3.42. The maximum Gasteiger partial charge on any atom is 0.338 e. The molecule has 0 radical (unpaired) electrons. The van der Waals surface area contributed by atoms with Gasteiger partial charge in [-0.05, 0) is 25.0 Å². The molecule has 0 aromatic heterocycles. The van der Waals surface area contributed by atoms with Gasteiger partial charge in [0.2, 0.25) is 0 Å². The molecule has 0 aliphatic carbocycles. The molecule has 1 aliphatic heterocycles. The zero-order chi connectivity index (χ0) is 18.9. The fourth-order valence-electron chi connectivity index (χ4n) is 2.50. The van der Waals surface area contributed by atoms with Crippen molar-refractivity contribution in [3.05, 3.63) is 53.2 Å². The summed E-state index contributed by atoms with van der Waals surface area (Å²) in [5, 5.41) is 5.18. The third-order valence-electron chi connectivity index (χ3n) is 3.72. The van der Waals surface area contributed by atoms with Crippen LogP contribution in [0.3, 0.4) is 0 Å². The summed E-state index contributed by atoms with van der Waals surface area (Å²) in [4.78, 5) is 35.9. The van der Waals surface area contributed by atoms with Crippen LogP contribution in [0, 0.1) is 0 Å². The molecule has 138 valence electrons. The van der Waals surface area contributed by atoms with Gasteiger partial charge in [-0.3, -0.25) is 0 Å². The normalized spacial score (nSPS) is 16.8. The number of benzene rings is 1. The maximum absolute atomic E-state index is 12.2. The minimum Gasteiger partial charge on any atom is -0.463 e. The Balaban J connectivity index is 2.09. The molecule has 1 atom stereocenters. The summed E-state index contributed by atoms with van der Waals surface area (Å²) in [7, 11) is 0. The third kappa shape index (κ3) is 5.20. The molecule has 2 rings (SSSR count). The molecule has 0 spiro atoms. The van der Waals surface area contributed by atoms with E-state index >= 15 is 0 Å². The molecule has 0 unspecified atom stereocenters. The van der Waals surface area contributed by atoms with Crippen molar-refractivity contribution in [2.45, 2.75) is 26.3 Å². The fourth-order valence-corrected chi connectivity index (χ4v) is 2.50. The van der Waals surface area contributed by atoms with Crippen molar-refractivity contribution < 1.29 is 23.9 Å². The van der Waals surface area contributed by atoms with Crippen LogP contribution in [-0.4, -0.2) is 37.2 Å². The average molecular weight is 358 g/mol. The highest BCUT2D eigenvalue weighted by Gasteiger charge is 2.31. The first-order valence-electron chi connectivity index (χ1n) is 8.42. The van der Waals surface area contributed by atoms with Gasteiger partial charge in [0.25, 0.3) is 0 Å². The Morgan fingerprint density at radius 1 is 1.15 bits per heavy atom. The lowest BCUT2D eigenvalue weighted by Gasteiger charge is -2.28. The van der Waals surface area contributed by atoms with E-state index in [2.05, 4.69) is 10.6 Å². The molecule has 1 aliphatic rings. The van der Waals surface area contributed by atoms with Gasteiger partial charge in [0.05, 0.1) is 23.9 Å². The molecule has 0 saturated carbocycles. The Morgan fingerprint density at radius 3 is 2.54 bits per heavy atom. The van der Waals surface area contributed by atoms with E-state index in [0.29, 0.717) is 6.42 Å². The van der Waals surface area contributed by atoms with Crippen molar-refractivity contribution in [1.82, 2.24) is 10.6 Å². The number of nitrogens with one attached hydrogen (secondary N) is 2. The molecule has 1 heterocycles. The lowest BCUT2D eigenvalue weighted by molar-refractivity contribution is -0.140. The van der Waals surface area contributed by atoms with E-state index in [-0.39, 0.29) is 24.5 Å². The zero-order valence-corrected chi connectivity index (χ0v) is 14.8. The Bertz CT molecular complexity index is 725. The van der Waals surface area contributed by atoms with Crippen molar-refractivity contribution in [3.63, 3.8) is 0 Å². The van der Waals surface area contributed by atoms with Gasteiger partial charge in [-0.25, -0.2) is 14.4 Å². The summed E-state index contributed by atoms with van der Waals surface area (Å²) in [6, 6.07) is 8.36. The van der Waals surface area contributed by atoms with E-state index in [1.54, 1.807) is 13.0 Å². The molecule has 7 heteroatoms. The average Bonchev–Trinajstić information content (AvgIpc) is 2.65. The second kappa shape index (κ2) is 9.41. The van der Waals surface area contributed by atoms with Gasteiger partial charge in [0.1, 0.15) is 6.61 Å². The lowest BCUT2D eigenvalue weighted by Crippen LogP contribution is -2.51. The molecule has 2 N–H and O–H groups in total. The molecule has 0 bridgehead atoms. The van der Waals surface area contributed by atoms with E-state index in [9.17, 15) is 14.4 Å². The van der Waals surface area contributed by atoms with Crippen LogP contribution < -0.4 is 10.6 Å². The fraction of sp³-hybridized carbons (Fsp3) is 0.316. The maximum atomic E-state index is 12.2. The topological polar surface area (TPSA) is 93.7 Å². The van der Waals surface area contributed by atoms with Crippen molar-refractivity contribution >= 4 is 24.0 Å². The second-order valence-corrected chi connectivity index (χ2v) is 5.52. The first-order valence-corrected chi connectivity index (χ1v) is 8.42. The zero-order valence-electron chi connectivity index (χ0n) is 14.8. The quantitative estimate of drug-likeness (QED) is 0.575. The molecule has 7 nitrogen and oxygen atoms in total. The van der Waals surface area contributed by atoms with Gasteiger partial charge >= 0.3 is 18.0 Å². The minimum atomic E-state index is -0.578. The van der Waals surface area contributed by atoms with E-state index in [0.717, 1.165) is 5.56 Å². The van der Waals surface area contributed by atoms with E-state index in [4.69, 9.17) is 9.47 Å². The van der Waals surface area contributed by atoms with Crippen LogP contribution in [0.25, 0.3) is 6.08 Å². The van der Waals surface area contributed by atoms with E-state index in [1.807, 2.05) is 37.3 Å². The Labute approximate surface area is 152 Å². The molecule has 1 aromatic carbocycles. The molecular formula is C19H22N2O5. The summed E-state index contributed by atoms with van der Waals surface area (Å²) < 4.78 is 10.2. The number of hydrogen-bond donors (Lipinski definition) is 2. The number of hydrogen-bond acceptors (Lipinski definition) is 5. The van der Waals surface area contributed by atoms with Crippen molar-refractivity contribution in [1.29, 1.82) is 0 Å². The van der Waals surface area contributed by atoms with Gasteiger partial charge in [-0.15, -0.1) is 0 Å². The molecule has 2 amide bonds. The van der Waals surface area contributed by atoms with Crippen molar-refractivity contribution in [3.8, 4) is 0 Å². The van der Waals surface area contributed by atoms with Crippen molar-refractivity contribution in [2.24, 2.45) is 0 Å². The largest absolute Gasteiger partial charge is 0.463 e. The monoisotopic (exact) mass is 358 g/mol. The second-order valence-electron chi connectivity index (χ2n) is 5.52. The third-order valence-corrected chi connectivity index (χ3v) is 3.72. The smallest absolute Gasteiger partial charge is 0.338 e. The Morgan fingerprint density at radius 2 is 1.88 bits per heavy atom. The lowest BCUT2D eigenvalue weighted by atomic mass is 10.0. The van der Waals surface area contributed by atoms with Crippen LogP contribution in [0.4, 0.5) is 4.79 Å². The number of carbonyl (C=O) groups is 3. The van der Waals surface area contributed by atoms with Crippen LogP contribution in [0.15, 0.2) is 47.7 Å². The summed E-state index contributed by atoms with van der Waals surface area (Å²) in [5.41, 5.74) is 1.37. The number of amides is 2. The number of carbonyl (C=O) groups excluding carboxylic acids is 3. The molecule has 26 heavy (non-hydrogen) atoms. The number of urea groups is 1. The molecule has 1 aromatic rings. The molecule has 0 fully saturated rings. The van der Waals surface area contributed by atoms with Gasteiger partial charge in [0.15, 0.2) is 0 Å². The predicted octanol–water partition coefficient (Wildman–Crippen LogP) is 2.15.